The van der Waals surface area contributed by atoms with Gasteiger partial charge in [0, 0.05) is 16.1 Å². The van der Waals surface area contributed by atoms with Gasteiger partial charge in [-0.1, -0.05) is 54.1 Å². The average Bonchev–Trinajstić information content (AvgIpc) is 3.30. The number of para-hydroxylation sites is 1. The highest BCUT2D eigenvalue weighted by Gasteiger charge is 2.23. The van der Waals surface area contributed by atoms with Crippen LogP contribution in [0, 0.1) is 0 Å². The highest BCUT2D eigenvalue weighted by molar-refractivity contribution is 6.30. The third-order valence-corrected chi connectivity index (χ3v) is 5.37. The monoisotopic (exact) mass is 428 g/mol. The van der Waals surface area contributed by atoms with Crippen molar-refractivity contribution in [1.29, 1.82) is 0 Å². The lowest BCUT2D eigenvalue weighted by atomic mass is 10.1. The number of fused-ring (bicyclic) bond motifs is 1. The number of rotatable bonds is 4. The van der Waals surface area contributed by atoms with E-state index < -0.39 is 6.04 Å². The molecule has 3 aromatic carbocycles. The lowest BCUT2D eigenvalue weighted by Crippen LogP contribution is -2.27. The summed E-state index contributed by atoms with van der Waals surface area (Å²) in [5, 5.41) is 9.53. The third kappa shape index (κ3) is 3.51. The van der Waals surface area contributed by atoms with Gasteiger partial charge in [-0.25, -0.2) is 4.98 Å². The summed E-state index contributed by atoms with van der Waals surface area (Å²) in [6.07, 6.45) is 0. The number of benzene rings is 3. The Morgan fingerprint density at radius 2 is 1.58 bits per heavy atom. The van der Waals surface area contributed by atoms with Gasteiger partial charge in [-0.05, 0) is 43.3 Å². The summed E-state index contributed by atoms with van der Waals surface area (Å²) in [5.74, 6) is 1.23. The molecule has 5 rings (SSSR count). The Morgan fingerprint density at radius 1 is 0.871 bits per heavy atom. The molecule has 0 N–H and O–H groups in total. The highest BCUT2D eigenvalue weighted by Crippen LogP contribution is 2.27. The van der Waals surface area contributed by atoms with Gasteiger partial charge in [0.15, 0.2) is 0 Å². The Bertz CT molecular complexity index is 1430. The Balaban J connectivity index is 1.66. The summed E-state index contributed by atoms with van der Waals surface area (Å²) >= 11 is 5.96. The first-order valence-electron chi connectivity index (χ1n) is 9.78. The van der Waals surface area contributed by atoms with Crippen molar-refractivity contribution in [3.8, 4) is 22.8 Å². The summed E-state index contributed by atoms with van der Waals surface area (Å²) in [6, 6.07) is 23.5. The summed E-state index contributed by atoms with van der Waals surface area (Å²) < 4.78 is 7.54. The maximum absolute atomic E-state index is 13.5. The van der Waals surface area contributed by atoms with Crippen LogP contribution in [-0.2, 0) is 0 Å². The number of halogens is 1. The molecule has 2 heterocycles. The molecule has 31 heavy (non-hydrogen) atoms. The van der Waals surface area contributed by atoms with Crippen LogP contribution in [0.5, 0.6) is 0 Å². The van der Waals surface area contributed by atoms with Crippen molar-refractivity contribution in [2.75, 3.05) is 0 Å². The lowest BCUT2D eigenvalue weighted by molar-refractivity contribution is 0.433. The van der Waals surface area contributed by atoms with Crippen LogP contribution < -0.4 is 5.56 Å². The first-order valence-corrected chi connectivity index (χ1v) is 10.2. The smallest absolute Gasteiger partial charge is 0.262 e. The standard InChI is InChI=1S/C24H17ClN4O2/c1-15(22-27-28-23(31-22)17-11-13-18(25)14-12-17)29-21(16-7-3-2-4-8-16)26-20-10-6-5-9-19(20)24(29)30/h2-15H,1H3. The van der Waals surface area contributed by atoms with E-state index in [0.717, 1.165) is 11.1 Å². The molecule has 0 fully saturated rings. The second-order valence-electron chi connectivity index (χ2n) is 7.12. The molecule has 0 spiro atoms. The number of aromatic nitrogens is 4. The zero-order valence-corrected chi connectivity index (χ0v) is 17.3. The highest BCUT2D eigenvalue weighted by atomic mass is 35.5. The van der Waals surface area contributed by atoms with E-state index in [1.165, 1.54) is 0 Å². The summed E-state index contributed by atoms with van der Waals surface area (Å²) in [7, 11) is 0. The third-order valence-electron chi connectivity index (χ3n) is 5.12. The van der Waals surface area contributed by atoms with Gasteiger partial charge in [0.2, 0.25) is 11.8 Å². The molecule has 1 atom stereocenters. The van der Waals surface area contributed by atoms with Gasteiger partial charge in [-0.3, -0.25) is 9.36 Å². The van der Waals surface area contributed by atoms with Crippen molar-refractivity contribution >= 4 is 22.5 Å². The van der Waals surface area contributed by atoms with Crippen LogP contribution in [-0.4, -0.2) is 19.7 Å². The van der Waals surface area contributed by atoms with Crippen LogP contribution in [0.2, 0.25) is 5.02 Å². The Kier molecular flexibility index (Phi) is 4.84. The molecular weight excluding hydrogens is 412 g/mol. The van der Waals surface area contributed by atoms with Crippen molar-refractivity contribution in [3.63, 3.8) is 0 Å². The molecule has 2 aromatic heterocycles. The van der Waals surface area contributed by atoms with E-state index in [9.17, 15) is 4.79 Å². The normalized spacial score (nSPS) is 12.2. The SMILES string of the molecule is CC(c1nnc(-c2ccc(Cl)cc2)o1)n1c(-c2ccccc2)nc2ccccc2c1=O. The molecule has 0 saturated carbocycles. The molecule has 152 valence electrons. The molecule has 5 aromatic rings. The van der Waals surface area contributed by atoms with Gasteiger partial charge < -0.3 is 4.42 Å². The van der Waals surface area contributed by atoms with E-state index >= 15 is 0 Å². The molecular formula is C24H17ClN4O2. The number of nitrogens with zero attached hydrogens (tertiary/aromatic N) is 4. The quantitative estimate of drug-likeness (QED) is 0.384. The van der Waals surface area contributed by atoms with E-state index in [4.69, 9.17) is 21.0 Å². The Labute approximate surface area is 182 Å². The Morgan fingerprint density at radius 3 is 2.35 bits per heavy atom. The Hall–Kier alpha value is -3.77. The molecule has 0 saturated heterocycles. The van der Waals surface area contributed by atoms with Gasteiger partial charge in [-0.15, -0.1) is 10.2 Å². The van der Waals surface area contributed by atoms with Gasteiger partial charge in [-0.2, -0.15) is 0 Å². The second kappa shape index (κ2) is 7.81. The fraction of sp³-hybridized carbons (Fsp3) is 0.0833. The van der Waals surface area contributed by atoms with Gasteiger partial charge in [0.25, 0.3) is 5.56 Å². The molecule has 0 radical (unpaired) electrons. The molecule has 0 aliphatic carbocycles. The van der Waals surface area contributed by atoms with E-state index in [1.807, 2.05) is 67.6 Å². The largest absolute Gasteiger partial charge is 0.418 e. The van der Waals surface area contributed by atoms with Crippen molar-refractivity contribution in [2.45, 2.75) is 13.0 Å². The van der Waals surface area contributed by atoms with Crippen LogP contribution in [0.15, 0.2) is 88.1 Å². The minimum Gasteiger partial charge on any atom is -0.418 e. The van der Waals surface area contributed by atoms with E-state index in [-0.39, 0.29) is 5.56 Å². The van der Waals surface area contributed by atoms with Crippen molar-refractivity contribution < 1.29 is 4.42 Å². The van der Waals surface area contributed by atoms with Crippen LogP contribution in [0.1, 0.15) is 18.9 Å². The zero-order chi connectivity index (χ0) is 21.4. The fourth-order valence-corrected chi connectivity index (χ4v) is 3.65. The van der Waals surface area contributed by atoms with Crippen molar-refractivity contribution in [3.05, 3.63) is 100 Å². The van der Waals surface area contributed by atoms with Crippen molar-refractivity contribution in [1.82, 2.24) is 19.7 Å². The van der Waals surface area contributed by atoms with Crippen LogP contribution in [0.4, 0.5) is 0 Å². The average molecular weight is 429 g/mol. The zero-order valence-electron chi connectivity index (χ0n) is 16.6. The van der Waals surface area contributed by atoms with Crippen LogP contribution in [0.25, 0.3) is 33.7 Å². The molecule has 0 aliphatic rings. The minimum absolute atomic E-state index is 0.164. The molecule has 1 unspecified atom stereocenters. The summed E-state index contributed by atoms with van der Waals surface area (Å²) in [4.78, 5) is 18.3. The summed E-state index contributed by atoms with van der Waals surface area (Å²) in [6.45, 7) is 1.85. The first-order chi connectivity index (χ1) is 15.1. The maximum atomic E-state index is 13.5. The van der Waals surface area contributed by atoms with Gasteiger partial charge in [0.05, 0.1) is 10.9 Å². The number of hydrogen-bond acceptors (Lipinski definition) is 5. The molecule has 0 amide bonds. The first kappa shape index (κ1) is 19.2. The minimum atomic E-state index is -0.520. The molecule has 0 bridgehead atoms. The van der Waals surface area contributed by atoms with E-state index in [1.54, 1.807) is 22.8 Å². The van der Waals surface area contributed by atoms with Crippen molar-refractivity contribution in [2.24, 2.45) is 0 Å². The molecule has 0 aliphatic heterocycles. The predicted octanol–water partition coefficient (Wildman–Crippen LogP) is 5.38. The van der Waals surface area contributed by atoms with Gasteiger partial charge in [0.1, 0.15) is 11.9 Å². The topological polar surface area (TPSA) is 73.8 Å². The van der Waals surface area contributed by atoms with Crippen LogP contribution in [0.3, 0.4) is 0 Å². The fourth-order valence-electron chi connectivity index (χ4n) is 3.52. The maximum Gasteiger partial charge on any atom is 0.262 e. The molecule has 6 nitrogen and oxygen atoms in total. The van der Waals surface area contributed by atoms with E-state index in [0.29, 0.717) is 33.5 Å². The predicted molar refractivity (Wildman–Crippen MR) is 120 cm³/mol. The molecule has 7 heteroatoms. The van der Waals surface area contributed by atoms with E-state index in [2.05, 4.69) is 10.2 Å². The second-order valence-corrected chi connectivity index (χ2v) is 7.56. The van der Waals surface area contributed by atoms with Gasteiger partial charge >= 0.3 is 0 Å². The number of hydrogen-bond donors (Lipinski definition) is 0. The lowest BCUT2D eigenvalue weighted by Gasteiger charge is -2.17. The van der Waals surface area contributed by atoms with Crippen LogP contribution >= 0.6 is 11.6 Å². The summed E-state index contributed by atoms with van der Waals surface area (Å²) in [5.41, 5.74) is 2.06.